The van der Waals surface area contributed by atoms with Crippen LogP contribution in [-0.2, 0) is 16.4 Å². The summed E-state index contributed by atoms with van der Waals surface area (Å²) in [5, 5.41) is 17.5. The van der Waals surface area contributed by atoms with Crippen molar-refractivity contribution >= 4 is 9.84 Å². The van der Waals surface area contributed by atoms with Gasteiger partial charge >= 0.3 is 0 Å². The molecule has 0 radical (unpaired) electrons. The Morgan fingerprint density at radius 1 is 1.41 bits per heavy atom. The van der Waals surface area contributed by atoms with Crippen LogP contribution < -0.4 is 0 Å². The zero-order chi connectivity index (χ0) is 12.9. The second kappa shape index (κ2) is 5.46. The molecule has 0 aromatic carbocycles. The molecule has 1 heterocycles. The third-order valence-corrected chi connectivity index (χ3v) is 4.13. The molecule has 0 N–H and O–H groups in total. The summed E-state index contributed by atoms with van der Waals surface area (Å²) in [5.74, 6) is 0.194. The van der Waals surface area contributed by atoms with Crippen LogP contribution in [0.3, 0.4) is 0 Å². The SMILES string of the molecule is CCS(=O)(=O)CCCn1cnc(C#N)c1C#N. The van der Waals surface area contributed by atoms with Crippen molar-refractivity contribution in [3.63, 3.8) is 0 Å². The van der Waals surface area contributed by atoms with Gasteiger partial charge in [0.15, 0.2) is 11.4 Å². The molecule has 0 aliphatic heterocycles. The molecule has 0 unspecified atom stereocenters. The van der Waals surface area contributed by atoms with Crippen molar-refractivity contribution in [3.05, 3.63) is 17.7 Å². The van der Waals surface area contributed by atoms with E-state index >= 15 is 0 Å². The number of aromatic nitrogens is 2. The van der Waals surface area contributed by atoms with Gasteiger partial charge in [-0.25, -0.2) is 13.4 Å². The summed E-state index contributed by atoms with van der Waals surface area (Å²) in [5.41, 5.74) is 0.257. The normalized spacial score (nSPS) is 10.8. The number of nitriles is 2. The second-order valence-corrected chi connectivity index (χ2v) is 5.92. The van der Waals surface area contributed by atoms with E-state index in [2.05, 4.69) is 4.98 Å². The molecule has 0 atom stereocenters. The maximum Gasteiger partial charge on any atom is 0.176 e. The van der Waals surface area contributed by atoms with Gasteiger partial charge in [0.25, 0.3) is 0 Å². The summed E-state index contributed by atoms with van der Waals surface area (Å²) >= 11 is 0. The van der Waals surface area contributed by atoms with E-state index in [4.69, 9.17) is 10.5 Å². The maximum absolute atomic E-state index is 11.3. The molecule has 0 fully saturated rings. The Morgan fingerprint density at radius 2 is 2.12 bits per heavy atom. The van der Waals surface area contributed by atoms with Gasteiger partial charge in [-0.1, -0.05) is 6.92 Å². The molecule has 90 valence electrons. The molecule has 0 aliphatic rings. The Kier molecular flexibility index (Phi) is 4.24. The van der Waals surface area contributed by atoms with Gasteiger partial charge in [-0.2, -0.15) is 10.5 Å². The van der Waals surface area contributed by atoms with E-state index in [1.807, 2.05) is 12.1 Å². The lowest BCUT2D eigenvalue weighted by molar-refractivity contribution is 0.587. The molecule has 1 aromatic rings. The van der Waals surface area contributed by atoms with Gasteiger partial charge < -0.3 is 4.57 Å². The Balaban J connectivity index is 2.69. The predicted octanol–water partition coefficient (Wildman–Crippen LogP) is 0.451. The van der Waals surface area contributed by atoms with E-state index in [-0.39, 0.29) is 22.9 Å². The van der Waals surface area contributed by atoms with Gasteiger partial charge in [-0.3, -0.25) is 0 Å². The minimum Gasteiger partial charge on any atom is -0.321 e. The molecule has 1 aromatic heterocycles. The fourth-order valence-corrected chi connectivity index (χ4v) is 2.21. The Hall–Kier alpha value is -1.86. The monoisotopic (exact) mass is 252 g/mol. The number of aryl methyl sites for hydroxylation is 1. The van der Waals surface area contributed by atoms with E-state index < -0.39 is 9.84 Å². The highest BCUT2D eigenvalue weighted by molar-refractivity contribution is 7.91. The molecule has 0 saturated carbocycles. The van der Waals surface area contributed by atoms with Gasteiger partial charge in [0.05, 0.1) is 12.1 Å². The highest BCUT2D eigenvalue weighted by atomic mass is 32.2. The molecule has 0 saturated heterocycles. The predicted molar refractivity (Wildman–Crippen MR) is 60.6 cm³/mol. The minimum absolute atomic E-state index is 0.0749. The molecule has 7 heteroatoms. The zero-order valence-corrected chi connectivity index (χ0v) is 10.2. The lowest BCUT2D eigenvalue weighted by Gasteiger charge is -2.03. The lowest BCUT2D eigenvalue weighted by atomic mass is 10.3. The number of nitrogens with zero attached hydrogens (tertiary/aromatic N) is 4. The average Bonchev–Trinajstić information content (AvgIpc) is 2.71. The Bertz CT molecular complexity index is 574. The number of rotatable bonds is 5. The first kappa shape index (κ1) is 13.2. The van der Waals surface area contributed by atoms with Crippen LogP contribution in [-0.4, -0.2) is 29.5 Å². The van der Waals surface area contributed by atoms with Crippen molar-refractivity contribution in [1.29, 1.82) is 10.5 Å². The molecule has 6 nitrogen and oxygen atoms in total. The zero-order valence-electron chi connectivity index (χ0n) is 9.42. The van der Waals surface area contributed by atoms with Crippen molar-refractivity contribution in [2.75, 3.05) is 11.5 Å². The van der Waals surface area contributed by atoms with E-state index in [1.54, 1.807) is 6.92 Å². The molecule has 0 bridgehead atoms. The minimum atomic E-state index is -2.99. The van der Waals surface area contributed by atoms with E-state index in [0.717, 1.165) is 0 Å². The number of imidazole rings is 1. The first-order valence-corrected chi connectivity index (χ1v) is 6.92. The fraction of sp³-hybridized carbons (Fsp3) is 0.500. The van der Waals surface area contributed by atoms with Crippen LogP contribution >= 0.6 is 0 Å². The van der Waals surface area contributed by atoms with Crippen LogP contribution in [0.4, 0.5) is 0 Å². The Morgan fingerprint density at radius 3 is 2.65 bits per heavy atom. The van der Waals surface area contributed by atoms with Gasteiger partial charge in [0, 0.05) is 12.3 Å². The highest BCUT2D eigenvalue weighted by Crippen LogP contribution is 2.06. The topological polar surface area (TPSA) is 99.5 Å². The first-order valence-electron chi connectivity index (χ1n) is 5.09. The number of hydrogen-bond donors (Lipinski definition) is 0. The fourth-order valence-electron chi connectivity index (χ4n) is 1.35. The summed E-state index contributed by atoms with van der Waals surface area (Å²) in [6.07, 6.45) is 1.79. The highest BCUT2D eigenvalue weighted by Gasteiger charge is 2.11. The van der Waals surface area contributed by atoms with E-state index in [9.17, 15) is 8.42 Å². The lowest BCUT2D eigenvalue weighted by Crippen LogP contribution is -2.11. The van der Waals surface area contributed by atoms with Crippen molar-refractivity contribution in [2.24, 2.45) is 0 Å². The average molecular weight is 252 g/mol. The van der Waals surface area contributed by atoms with Crippen molar-refractivity contribution < 1.29 is 8.42 Å². The quantitative estimate of drug-likeness (QED) is 0.757. The van der Waals surface area contributed by atoms with Crippen LogP contribution in [0.1, 0.15) is 24.7 Å². The van der Waals surface area contributed by atoms with Crippen molar-refractivity contribution in [1.82, 2.24) is 9.55 Å². The van der Waals surface area contributed by atoms with Crippen molar-refractivity contribution in [3.8, 4) is 12.1 Å². The smallest absolute Gasteiger partial charge is 0.176 e. The second-order valence-electron chi connectivity index (χ2n) is 3.45. The summed E-state index contributed by atoms with van der Waals surface area (Å²) < 4.78 is 24.0. The maximum atomic E-state index is 11.3. The van der Waals surface area contributed by atoms with E-state index in [1.165, 1.54) is 10.9 Å². The Labute approximate surface area is 100 Å². The van der Waals surface area contributed by atoms with Gasteiger partial charge in [-0.15, -0.1) is 0 Å². The number of hydrogen-bond acceptors (Lipinski definition) is 5. The van der Waals surface area contributed by atoms with Crippen LogP contribution in [0.2, 0.25) is 0 Å². The molecule has 0 aliphatic carbocycles. The summed E-state index contributed by atoms with van der Waals surface area (Å²) in [4.78, 5) is 3.77. The van der Waals surface area contributed by atoms with E-state index in [0.29, 0.717) is 13.0 Å². The van der Waals surface area contributed by atoms with Gasteiger partial charge in [-0.05, 0) is 6.42 Å². The third-order valence-electron chi connectivity index (χ3n) is 2.34. The van der Waals surface area contributed by atoms with Crippen LogP contribution in [0.25, 0.3) is 0 Å². The largest absolute Gasteiger partial charge is 0.321 e. The van der Waals surface area contributed by atoms with Gasteiger partial charge in [0.2, 0.25) is 0 Å². The summed E-state index contributed by atoms with van der Waals surface area (Å²) in [7, 11) is -2.99. The number of sulfone groups is 1. The molecular formula is C10H12N4O2S. The summed E-state index contributed by atoms with van der Waals surface area (Å²) in [6.45, 7) is 1.97. The molecule has 1 rings (SSSR count). The first-order chi connectivity index (χ1) is 8.04. The van der Waals surface area contributed by atoms with Crippen LogP contribution in [0.15, 0.2) is 6.33 Å². The molecule has 0 amide bonds. The van der Waals surface area contributed by atoms with Crippen molar-refractivity contribution in [2.45, 2.75) is 19.9 Å². The third kappa shape index (κ3) is 3.30. The molecule has 17 heavy (non-hydrogen) atoms. The van der Waals surface area contributed by atoms with Gasteiger partial charge in [0.1, 0.15) is 22.0 Å². The summed E-state index contributed by atoms with van der Waals surface area (Å²) in [6, 6.07) is 3.70. The standard InChI is InChI=1S/C10H12N4O2S/c1-2-17(15,16)5-3-4-14-8-13-9(6-11)10(14)7-12/h8H,2-5H2,1H3. The van der Waals surface area contributed by atoms with Crippen LogP contribution in [0.5, 0.6) is 0 Å². The molecular weight excluding hydrogens is 240 g/mol. The van der Waals surface area contributed by atoms with Crippen LogP contribution in [0, 0.1) is 22.7 Å². The molecule has 0 spiro atoms.